The number of nitrogens with one attached hydrogen (secondary N) is 1. The van der Waals surface area contributed by atoms with Gasteiger partial charge in [0.05, 0.1) is 6.26 Å². The van der Waals surface area contributed by atoms with Gasteiger partial charge >= 0.3 is 0 Å². The van der Waals surface area contributed by atoms with Crippen LogP contribution in [0.3, 0.4) is 0 Å². The van der Waals surface area contributed by atoms with Crippen molar-refractivity contribution in [1.29, 1.82) is 0 Å². The minimum Gasteiger partial charge on any atom is -0.352 e. The molecule has 1 aliphatic heterocycles. The number of sulfonamides is 1. The van der Waals surface area contributed by atoms with Crippen molar-refractivity contribution in [3.8, 4) is 0 Å². The van der Waals surface area contributed by atoms with E-state index in [0.29, 0.717) is 25.1 Å². The lowest BCUT2D eigenvalue weighted by atomic mass is 10.0. The molecule has 1 N–H and O–H groups in total. The van der Waals surface area contributed by atoms with Gasteiger partial charge in [-0.2, -0.15) is 4.31 Å². The predicted molar refractivity (Wildman–Crippen MR) is 82.6 cm³/mol. The van der Waals surface area contributed by atoms with E-state index in [-0.39, 0.29) is 11.9 Å². The minimum absolute atomic E-state index is 0.00447. The van der Waals surface area contributed by atoms with Crippen LogP contribution in [0.4, 0.5) is 0 Å². The first-order valence-electron chi connectivity index (χ1n) is 7.28. The van der Waals surface area contributed by atoms with Crippen molar-refractivity contribution < 1.29 is 13.2 Å². The highest BCUT2D eigenvalue weighted by Crippen LogP contribution is 2.21. The molecule has 0 aliphatic carbocycles. The Labute approximate surface area is 126 Å². The molecule has 6 heteroatoms. The van der Waals surface area contributed by atoms with E-state index in [4.69, 9.17) is 0 Å². The largest absolute Gasteiger partial charge is 0.352 e. The molecule has 0 aromatic heterocycles. The molecule has 1 atom stereocenters. The molecule has 1 fully saturated rings. The summed E-state index contributed by atoms with van der Waals surface area (Å²) in [6.07, 6.45) is 4.75. The molecule has 21 heavy (non-hydrogen) atoms. The van der Waals surface area contributed by atoms with Crippen molar-refractivity contribution in [2.24, 2.45) is 0 Å². The first-order chi connectivity index (χ1) is 9.98. The van der Waals surface area contributed by atoms with E-state index >= 15 is 0 Å². The Balaban J connectivity index is 1.86. The van der Waals surface area contributed by atoms with Gasteiger partial charge in [0, 0.05) is 24.7 Å². The Morgan fingerprint density at radius 3 is 2.67 bits per heavy atom. The number of piperidine rings is 1. The number of carbonyl (C=O) groups is 1. The maximum Gasteiger partial charge on any atom is 0.251 e. The van der Waals surface area contributed by atoms with Crippen molar-refractivity contribution in [2.45, 2.75) is 31.7 Å². The van der Waals surface area contributed by atoms with Gasteiger partial charge in [-0.05, 0) is 31.4 Å². The zero-order valence-electron chi connectivity index (χ0n) is 12.3. The Morgan fingerprint density at radius 1 is 1.29 bits per heavy atom. The third-order valence-corrected chi connectivity index (χ3v) is 5.13. The summed E-state index contributed by atoms with van der Waals surface area (Å²) in [6.45, 7) is 1.08. The number of hydrogen-bond acceptors (Lipinski definition) is 3. The molecule has 1 heterocycles. The Bertz CT molecular complexity index is 572. The van der Waals surface area contributed by atoms with E-state index in [2.05, 4.69) is 5.32 Å². The van der Waals surface area contributed by atoms with Crippen LogP contribution in [0.5, 0.6) is 0 Å². The van der Waals surface area contributed by atoms with E-state index in [9.17, 15) is 13.2 Å². The van der Waals surface area contributed by atoms with E-state index in [0.717, 1.165) is 19.3 Å². The molecule has 1 amide bonds. The van der Waals surface area contributed by atoms with Crippen LogP contribution in [-0.4, -0.2) is 44.0 Å². The van der Waals surface area contributed by atoms with Crippen LogP contribution in [-0.2, 0) is 10.0 Å². The van der Waals surface area contributed by atoms with Crippen molar-refractivity contribution in [3.05, 3.63) is 35.9 Å². The quantitative estimate of drug-likeness (QED) is 0.898. The second-order valence-electron chi connectivity index (χ2n) is 5.43. The van der Waals surface area contributed by atoms with Gasteiger partial charge in [0.1, 0.15) is 0 Å². The van der Waals surface area contributed by atoms with E-state index in [1.54, 1.807) is 16.4 Å². The predicted octanol–water partition coefficient (Wildman–Crippen LogP) is 1.62. The zero-order valence-corrected chi connectivity index (χ0v) is 13.1. The van der Waals surface area contributed by atoms with Gasteiger partial charge in [0.15, 0.2) is 0 Å². The number of benzene rings is 1. The summed E-state index contributed by atoms with van der Waals surface area (Å²) >= 11 is 0. The Kier molecular flexibility index (Phi) is 5.36. The molecule has 1 saturated heterocycles. The highest BCUT2D eigenvalue weighted by atomic mass is 32.2. The number of rotatable bonds is 5. The van der Waals surface area contributed by atoms with Gasteiger partial charge < -0.3 is 5.32 Å². The number of amides is 1. The number of carbonyl (C=O) groups excluding carboxylic acids is 1. The van der Waals surface area contributed by atoms with Crippen LogP contribution in [0.2, 0.25) is 0 Å². The van der Waals surface area contributed by atoms with Crippen LogP contribution in [0.25, 0.3) is 0 Å². The number of nitrogens with zero attached hydrogens (tertiary/aromatic N) is 1. The molecule has 2 rings (SSSR count). The van der Waals surface area contributed by atoms with E-state index < -0.39 is 10.0 Å². The van der Waals surface area contributed by atoms with Crippen molar-refractivity contribution in [3.63, 3.8) is 0 Å². The highest BCUT2D eigenvalue weighted by molar-refractivity contribution is 7.88. The fourth-order valence-corrected chi connectivity index (χ4v) is 3.96. The summed E-state index contributed by atoms with van der Waals surface area (Å²) in [5, 5.41) is 2.86. The van der Waals surface area contributed by atoms with Crippen molar-refractivity contribution >= 4 is 15.9 Å². The molecule has 1 aliphatic rings. The van der Waals surface area contributed by atoms with Gasteiger partial charge in [0.2, 0.25) is 10.0 Å². The maximum absolute atomic E-state index is 11.9. The molecule has 0 unspecified atom stereocenters. The summed E-state index contributed by atoms with van der Waals surface area (Å²) in [6, 6.07) is 9.04. The van der Waals surface area contributed by atoms with Gasteiger partial charge in [0.25, 0.3) is 5.91 Å². The molecular weight excluding hydrogens is 288 g/mol. The van der Waals surface area contributed by atoms with Gasteiger partial charge in [-0.3, -0.25) is 4.79 Å². The molecule has 1 aromatic rings. The lowest BCUT2D eigenvalue weighted by Gasteiger charge is -2.33. The Hall–Kier alpha value is -1.40. The third kappa shape index (κ3) is 4.54. The van der Waals surface area contributed by atoms with Gasteiger partial charge in [-0.25, -0.2) is 8.42 Å². The molecule has 0 radical (unpaired) electrons. The monoisotopic (exact) mass is 310 g/mol. The second-order valence-corrected chi connectivity index (χ2v) is 7.37. The summed E-state index contributed by atoms with van der Waals surface area (Å²) in [5.74, 6) is -0.114. The first-order valence-corrected chi connectivity index (χ1v) is 9.13. The van der Waals surface area contributed by atoms with Crippen LogP contribution in [0, 0.1) is 0 Å². The molecule has 5 nitrogen and oxygen atoms in total. The molecule has 0 bridgehead atoms. The minimum atomic E-state index is -3.16. The molecule has 1 aromatic carbocycles. The third-order valence-electron chi connectivity index (χ3n) is 3.80. The molecule has 0 spiro atoms. The Morgan fingerprint density at radius 2 is 2.00 bits per heavy atom. The molecule has 0 saturated carbocycles. The topological polar surface area (TPSA) is 66.5 Å². The normalized spacial score (nSPS) is 20.1. The average Bonchev–Trinajstić information content (AvgIpc) is 2.47. The zero-order chi connectivity index (χ0) is 15.3. The number of hydrogen-bond donors (Lipinski definition) is 1. The van der Waals surface area contributed by atoms with Gasteiger partial charge in [-0.1, -0.05) is 24.6 Å². The summed E-state index contributed by atoms with van der Waals surface area (Å²) in [7, 11) is -3.16. The second kappa shape index (κ2) is 7.04. The van der Waals surface area contributed by atoms with Crippen LogP contribution in [0.1, 0.15) is 36.0 Å². The molecule has 116 valence electrons. The van der Waals surface area contributed by atoms with Crippen LogP contribution in [0.15, 0.2) is 30.3 Å². The first kappa shape index (κ1) is 16.0. The fourth-order valence-electron chi connectivity index (χ4n) is 2.74. The smallest absolute Gasteiger partial charge is 0.251 e. The SMILES string of the molecule is CS(=O)(=O)N1CCCC[C@@H]1CCNC(=O)c1ccccc1. The summed E-state index contributed by atoms with van der Waals surface area (Å²) < 4.78 is 25.1. The lowest BCUT2D eigenvalue weighted by Crippen LogP contribution is -2.44. The van der Waals surface area contributed by atoms with Crippen molar-refractivity contribution in [2.75, 3.05) is 19.3 Å². The maximum atomic E-state index is 11.9. The molecular formula is C15H22N2O3S. The summed E-state index contributed by atoms with van der Waals surface area (Å²) in [4.78, 5) is 11.9. The summed E-state index contributed by atoms with van der Waals surface area (Å²) in [5.41, 5.74) is 0.626. The van der Waals surface area contributed by atoms with Crippen LogP contribution < -0.4 is 5.32 Å². The fraction of sp³-hybridized carbons (Fsp3) is 0.533. The lowest BCUT2D eigenvalue weighted by molar-refractivity contribution is 0.0949. The van der Waals surface area contributed by atoms with Crippen LogP contribution >= 0.6 is 0 Å². The van der Waals surface area contributed by atoms with E-state index in [1.807, 2.05) is 18.2 Å². The van der Waals surface area contributed by atoms with E-state index in [1.165, 1.54) is 6.26 Å². The average molecular weight is 310 g/mol. The highest BCUT2D eigenvalue weighted by Gasteiger charge is 2.28. The van der Waals surface area contributed by atoms with Crippen molar-refractivity contribution in [1.82, 2.24) is 9.62 Å². The van der Waals surface area contributed by atoms with Gasteiger partial charge in [-0.15, -0.1) is 0 Å². The standard InChI is InChI=1S/C15H22N2O3S/c1-21(19,20)17-12-6-5-9-14(17)10-11-16-15(18)13-7-3-2-4-8-13/h2-4,7-8,14H,5-6,9-12H2,1H3,(H,16,18)/t14-/m1/s1.